The van der Waals surface area contributed by atoms with Crippen LogP contribution in [-0.2, 0) is 11.8 Å². The van der Waals surface area contributed by atoms with Gasteiger partial charge in [0.05, 0.1) is 43.3 Å². The normalized spacial score (nSPS) is 15.7. The van der Waals surface area contributed by atoms with Crippen molar-refractivity contribution in [3.8, 4) is 5.75 Å². The fourth-order valence-electron chi connectivity index (χ4n) is 4.12. The molecule has 0 aliphatic carbocycles. The molecule has 4 rings (SSSR count). The molecule has 1 amide bonds. The maximum Gasteiger partial charge on any atom is 0.253 e. The third-order valence-corrected chi connectivity index (χ3v) is 5.88. The van der Waals surface area contributed by atoms with Crippen molar-refractivity contribution in [3.05, 3.63) is 52.8 Å². The van der Waals surface area contributed by atoms with Crippen LogP contribution in [0.4, 0.5) is 0 Å². The summed E-state index contributed by atoms with van der Waals surface area (Å²) < 4.78 is 12.6. The first-order chi connectivity index (χ1) is 15.0. The van der Waals surface area contributed by atoms with Crippen LogP contribution in [0.2, 0.25) is 0 Å². The molecule has 8 nitrogen and oxygen atoms in total. The molecule has 0 radical (unpaired) electrons. The van der Waals surface area contributed by atoms with Gasteiger partial charge in [-0.1, -0.05) is 12.1 Å². The monoisotopic (exact) mass is 423 g/mol. The maximum atomic E-state index is 13.1. The molecular weight excluding hydrogens is 394 g/mol. The quantitative estimate of drug-likeness (QED) is 0.656. The molecular formula is C23H29N5O3. The number of aromatic nitrogens is 3. The molecule has 0 bridgehead atoms. The number of aryl methyl sites for hydroxylation is 3. The van der Waals surface area contributed by atoms with Gasteiger partial charge in [0, 0.05) is 32.1 Å². The molecule has 1 N–H and O–H groups in total. The highest BCUT2D eigenvalue weighted by molar-refractivity contribution is 5.98. The number of nitrogens with one attached hydrogen (secondary N) is 1. The first-order valence-corrected chi connectivity index (χ1v) is 10.5. The number of hydrogen-bond acceptors (Lipinski definition) is 6. The van der Waals surface area contributed by atoms with E-state index in [1.165, 1.54) is 0 Å². The SMILES string of the molecule is COc1ccc([C@@H](CNC(=O)c2cc3c(C)nn(C)c3nc2C)N2CCOCC2)cc1. The Labute approximate surface area is 182 Å². The molecule has 1 aromatic carbocycles. The highest BCUT2D eigenvalue weighted by Gasteiger charge is 2.24. The fraction of sp³-hybridized carbons (Fsp3) is 0.435. The Hall–Kier alpha value is -2.97. The summed E-state index contributed by atoms with van der Waals surface area (Å²) in [6.45, 7) is 7.33. The van der Waals surface area contributed by atoms with Crippen LogP contribution in [0.3, 0.4) is 0 Å². The molecule has 8 heteroatoms. The Bertz CT molecular complexity index is 1070. The van der Waals surface area contributed by atoms with Crippen molar-refractivity contribution in [1.29, 1.82) is 0 Å². The molecule has 1 atom stereocenters. The molecule has 0 unspecified atom stereocenters. The molecule has 0 saturated carbocycles. The Morgan fingerprint density at radius 3 is 2.58 bits per heavy atom. The number of pyridine rings is 1. The number of fused-ring (bicyclic) bond motifs is 1. The summed E-state index contributed by atoms with van der Waals surface area (Å²) in [5.41, 5.74) is 4.07. The third kappa shape index (κ3) is 4.40. The van der Waals surface area contributed by atoms with Gasteiger partial charge < -0.3 is 14.8 Å². The van der Waals surface area contributed by atoms with Crippen LogP contribution in [0.15, 0.2) is 30.3 Å². The molecule has 0 spiro atoms. The Morgan fingerprint density at radius 1 is 1.19 bits per heavy atom. The first-order valence-electron chi connectivity index (χ1n) is 10.5. The van der Waals surface area contributed by atoms with E-state index >= 15 is 0 Å². The van der Waals surface area contributed by atoms with Gasteiger partial charge in [-0.3, -0.25) is 14.4 Å². The summed E-state index contributed by atoms with van der Waals surface area (Å²) in [6, 6.07) is 9.98. The van der Waals surface area contributed by atoms with Gasteiger partial charge in [-0.05, 0) is 37.6 Å². The number of hydrogen-bond donors (Lipinski definition) is 1. The van der Waals surface area contributed by atoms with Gasteiger partial charge in [-0.15, -0.1) is 0 Å². The first kappa shape index (κ1) is 21.3. The van der Waals surface area contributed by atoms with Crippen molar-refractivity contribution >= 4 is 16.9 Å². The summed E-state index contributed by atoms with van der Waals surface area (Å²) in [6.07, 6.45) is 0. The van der Waals surface area contributed by atoms with E-state index in [9.17, 15) is 4.79 Å². The minimum Gasteiger partial charge on any atom is -0.497 e. The molecule has 1 aliphatic rings. The Kier molecular flexibility index (Phi) is 6.20. The number of ether oxygens (including phenoxy) is 2. The number of rotatable bonds is 6. The van der Waals surface area contributed by atoms with E-state index in [1.807, 2.05) is 39.1 Å². The highest BCUT2D eigenvalue weighted by atomic mass is 16.5. The zero-order valence-electron chi connectivity index (χ0n) is 18.5. The number of nitrogens with zero attached hydrogens (tertiary/aromatic N) is 4. The zero-order chi connectivity index (χ0) is 22.0. The lowest BCUT2D eigenvalue weighted by atomic mass is 10.0. The van der Waals surface area contributed by atoms with Gasteiger partial charge in [-0.2, -0.15) is 5.10 Å². The van der Waals surface area contributed by atoms with E-state index in [-0.39, 0.29) is 11.9 Å². The van der Waals surface area contributed by atoms with Gasteiger partial charge in [0.15, 0.2) is 5.65 Å². The van der Waals surface area contributed by atoms with E-state index in [4.69, 9.17) is 9.47 Å². The van der Waals surface area contributed by atoms with Crippen molar-refractivity contribution in [3.63, 3.8) is 0 Å². The molecule has 1 fully saturated rings. The van der Waals surface area contributed by atoms with Crippen LogP contribution in [0.1, 0.15) is 33.4 Å². The van der Waals surface area contributed by atoms with Crippen LogP contribution < -0.4 is 10.1 Å². The second kappa shape index (κ2) is 9.03. The van der Waals surface area contributed by atoms with Crippen molar-refractivity contribution in [2.24, 2.45) is 7.05 Å². The third-order valence-electron chi connectivity index (χ3n) is 5.88. The summed E-state index contributed by atoms with van der Waals surface area (Å²) in [5.74, 6) is 0.692. The van der Waals surface area contributed by atoms with Crippen LogP contribution >= 0.6 is 0 Å². The topological polar surface area (TPSA) is 81.5 Å². The molecule has 1 saturated heterocycles. The molecule has 3 aromatic rings. The Morgan fingerprint density at radius 2 is 1.90 bits per heavy atom. The number of amides is 1. The predicted molar refractivity (Wildman–Crippen MR) is 118 cm³/mol. The summed E-state index contributed by atoms with van der Waals surface area (Å²) in [4.78, 5) is 20.1. The van der Waals surface area contributed by atoms with E-state index < -0.39 is 0 Å². The van der Waals surface area contributed by atoms with Gasteiger partial charge in [-0.25, -0.2) is 4.98 Å². The van der Waals surface area contributed by atoms with E-state index in [2.05, 4.69) is 32.4 Å². The molecule has 2 aromatic heterocycles. The van der Waals surface area contributed by atoms with Crippen LogP contribution in [0, 0.1) is 13.8 Å². The summed E-state index contributed by atoms with van der Waals surface area (Å²) in [7, 11) is 3.52. The number of benzene rings is 1. The number of morpholine rings is 1. The minimum atomic E-state index is -0.123. The van der Waals surface area contributed by atoms with Gasteiger partial charge in [0.1, 0.15) is 5.75 Å². The lowest BCUT2D eigenvalue weighted by molar-refractivity contribution is 0.0162. The molecule has 31 heavy (non-hydrogen) atoms. The Balaban J connectivity index is 1.56. The molecule has 1 aliphatic heterocycles. The van der Waals surface area contributed by atoms with Gasteiger partial charge in [0.2, 0.25) is 0 Å². The lowest BCUT2D eigenvalue weighted by Crippen LogP contribution is -2.43. The van der Waals surface area contributed by atoms with E-state index in [0.29, 0.717) is 31.0 Å². The zero-order valence-corrected chi connectivity index (χ0v) is 18.5. The van der Waals surface area contributed by atoms with Gasteiger partial charge >= 0.3 is 0 Å². The standard InChI is InChI=1S/C23H29N5O3/c1-15-20(13-19-16(2)26-27(3)22(19)25-15)23(29)24-14-21(28-9-11-31-12-10-28)17-5-7-18(30-4)8-6-17/h5-8,13,21H,9-12,14H2,1-4H3,(H,24,29)/t21-/m1/s1. The number of carbonyl (C=O) groups is 1. The van der Waals surface area contributed by atoms with Crippen molar-refractivity contribution in [2.45, 2.75) is 19.9 Å². The van der Waals surface area contributed by atoms with E-state index in [1.54, 1.807) is 11.8 Å². The summed E-state index contributed by atoms with van der Waals surface area (Å²) in [5, 5.41) is 8.45. The number of carbonyl (C=O) groups excluding carboxylic acids is 1. The predicted octanol–water partition coefficient (Wildman–Crippen LogP) is 2.40. The maximum absolute atomic E-state index is 13.1. The van der Waals surface area contributed by atoms with E-state index in [0.717, 1.165) is 41.1 Å². The average Bonchev–Trinajstić information content (AvgIpc) is 3.06. The second-order valence-electron chi connectivity index (χ2n) is 7.85. The smallest absolute Gasteiger partial charge is 0.253 e. The van der Waals surface area contributed by atoms with Crippen molar-refractivity contribution in [1.82, 2.24) is 25.0 Å². The fourth-order valence-corrected chi connectivity index (χ4v) is 4.12. The lowest BCUT2D eigenvalue weighted by Gasteiger charge is -2.35. The second-order valence-corrected chi connectivity index (χ2v) is 7.85. The largest absolute Gasteiger partial charge is 0.497 e. The van der Waals surface area contributed by atoms with Crippen molar-refractivity contribution < 1.29 is 14.3 Å². The minimum absolute atomic E-state index is 0.0517. The summed E-state index contributed by atoms with van der Waals surface area (Å²) >= 11 is 0. The highest BCUT2D eigenvalue weighted by Crippen LogP contribution is 2.24. The molecule has 3 heterocycles. The van der Waals surface area contributed by atoms with Crippen LogP contribution in [0.5, 0.6) is 5.75 Å². The number of methoxy groups -OCH3 is 1. The van der Waals surface area contributed by atoms with Crippen molar-refractivity contribution in [2.75, 3.05) is 40.0 Å². The molecule has 164 valence electrons. The average molecular weight is 424 g/mol. The van der Waals surface area contributed by atoms with Gasteiger partial charge in [0.25, 0.3) is 5.91 Å². The van der Waals surface area contributed by atoms with Crippen LogP contribution in [0.25, 0.3) is 11.0 Å². The van der Waals surface area contributed by atoms with Crippen LogP contribution in [-0.4, -0.2) is 65.5 Å².